The fourth-order valence-corrected chi connectivity index (χ4v) is 1.67. The Hall–Kier alpha value is -0.400. The van der Waals surface area contributed by atoms with Gasteiger partial charge >= 0.3 is 0 Å². The normalized spacial score (nSPS) is 9.18. The van der Waals surface area contributed by atoms with Crippen LogP contribution in [0.25, 0.3) is 0 Å². The first kappa shape index (κ1) is 8.69. The summed E-state index contributed by atoms with van der Waals surface area (Å²) in [7, 11) is 0. The van der Waals surface area contributed by atoms with Gasteiger partial charge in [-0.25, -0.2) is 4.98 Å². The summed E-state index contributed by atoms with van der Waals surface area (Å²) in [6, 6.07) is 5.74. The fraction of sp³-hybridized carbons (Fsp3) is 0.143. The zero-order valence-electron chi connectivity index (χ0n) is 5.51. The van der Waals surface area contributed by atoms with Gasteiger partial charge in [-0.2, -0.15) is 5.26 Å². The third-order valence-corrected chi connectivity index (χ3v) is 2.29. The molecule has 2 nitrogen and oxygen atoms in total. The third-order valence-electron chi connectivity index (χ3n) is 1.16. The standard InChI is InChI=1S/C7H4Br2N2/c8-6-2-1-5(3-4-10)7(9)11-6/h1-2H,3H2. The minimum Gasteiger partial charge on any atom is -0.234 e. The van der Waals surface area contributed by atoms with E-state index in [1.54, 1.807) is 0 Å². The van der Waals surface area contributed by atoms with E-state index in [1.807, 2.05) is 12.1 Å². The minimum absolute atomic E-state index is 0.390. The number of halogens is 2. The molecular weight excluding hydrogens is 272 g/mol. The van der Waals surface area contributed by atoms with Crippen molar-refractivity contribution in [2.45, 2.75) is 6.42 Å². The van der Waals surface area contributed by atoms with E-state index in [9.17, 15) is 0 Å². The molecule has 56 valence electrons. The molecule has 0 aliphatic carbocycles. The largest absolute Gasteiger partial charge is 0.234 e. The summed E-state index contributed by atoms with van der Waals surface area (Å²) in [4.78, 5) is 4.07. The molecule has 0 amide bonds. The molecule has 1 aromatic rings. The van der Waals surface area contributed by atoms with Crippen molar-refractivity contribution in [3.63, 3.8) is 0 Å². The number of nitriles is 1. The maximum Gasteiger partial charge on any atom is 0.111 e. The first-order chi connectivity index (χ1) is 5.24. The first-order valence-electron chi connectivity index (χ1n) is 2.92. The van der Waals surface area contributed by atoms with E-state index in [1.165, 1.54) is 0 Å². The highest BCUT2D eigenvalue weighted by Crippen LogP contribution is 2.17. The molecule has 0 bridgehead atoms. The van der Waals surface area contributed by atoms with Crippen molar-refractivity contribution in [2.24, 2.45) is 0 Å². The Kier molecular flexibility index (Phi) is 3.03. The van der Waals surface area contributed by atoms with Gasteiger partial charge in [0.2, 0.25) is 0 Å². The van der Waals surface area contributed by atoms with Gasteiger partial charge < -0.3 is 0 Å². The van der Waals surface area contributed by atoms with Crippen LogP contribution in [0.2, 0.25) is 0 Å². The Morgan fingerprint density at radius 1 is 1.45 bits per heavy atom. The second-order valence-electron chi connectivity index (χ2n) is 1.92. The van der Waals surface area contributed by atoms with E-state index in [4.69, 9.17) is 5.26 Å². The summed E-state index contributed by atoms with van der Waals surface area (Å²) >= 11 is 6.48. The number of rotatable bonds is 1. The Labute approximate surface area is 81.5 Å². The van der Waals surface area contributed by atoms with Crippen LogP contribution >= 0.6 is 31.9 Å². The molecule has 0 aliphatic heterocycles. The van der Waals surface area contributed by atoms with Crippen LogP contribution < -0.4 is 0 Å². The Morgan fingerprint density at radius 2 is 2.18 bits per heavy atom. The Balaban J connectivity index is 3.01. The average Bonchev–Trinajstić information content (AvgIpc) is 1.95. The lowest BCUT2D eigenvalue weighted by molar-refractivity contribution is 1.13. The third kappa shape index (κ3) is 2.28. The van der Waals surface area contributed by atoms with E-state index in [0.29, 0.717) is 6.42 Å². The van der Waals surface area contributed by atoms with Crippen LogP contribution in [0, 0.1) is 11.3 Å². The number of pyridine rings is 1. The Bertz CT molecular complexity index is 304. The molecule has 0 unspecified atom stereocenters. The SMILES string of the molecule is N#CCc1ccc(Br)nc1Br. The van der Waals surface area contributed by atoms with Gasteiger partial charge in [0.1, 0.15) is 9.21 Å². The second-order valence-corrected chi connectivity index (χ2v) is 3.48. The number of aromatic nitrogens is 1. The van der Waals surface area contributed by atoms with Crippen LogP contribution in [0.1, 0.15) is 5.56 Å². The zero-order valence-corrected chi connectivity index (χ0v) is 8.68. The van der Waals surface area contributed by atoms with E-state index in [-0.39, 0.29) is 0 Å². The Morgan fingerprint density at radius 3 is 2.73 bits per heavy atom. The summed E-state index contributed by atoms with van der Waals surface area (Å²) in [6.07, 6.45) is 0.390. The van der Waals surface area contributed by atoms with Crippen molar-refractivity contribution in [3.8, 4) is 6.07 Å². The van der Waals surface area contributed by atoms with Gasteiger partial charge in [-0.05, 0) is 43.5 Å². The zero-order chi connectivity index (χ0) is 8.27. The van der Waals surface area contributed by atoms with Crippen LogP contribution in [0.4, 0.5) is 0 Å². The molecular formula is C7H4Br2N2. The van der Waals surface area contributed by atoms with Crippen molar-refractivity contribution in [1.82, 2.24) is 4.98 Å². The molecule has 0 aliphatic rings. The molecule has 4 heteroatoms. The first-order valence-corrected chi connectivity index (χ1v) is 4.50. The maximum atomic E-state index is 8.40. The topological polar surface area (TPSA) is 36.7 Å². The molecule has 0 N–H and O–H groups in total. The molecule has 0 atom stereocenters. The summed E-state index contributed by atoms with van der Waals surface area (Å²) < 4.78 is 1.50. The molecule has 1 heterocycles. The molecule has 0 saturated heterocycles. The smallest absolute Gasteiger partial charge is 0.111 e. The molecule has 0 spiro atoms. The predicted molar refractivity (Wildman–Crippen MR) is 49.0 cm³/mol. The quantitative estimate of drug-likeness (QED) is 0.739. The molecule has 1 aromatic heterocycles. The summed E-state index contributed by atoms with van der Waals surface area (Å²) in [5.41, 5.74) is 0.913. The van der Waals surface area contributed by atoms with Crippen molar-refractivity contribution in [2.75, 3.05) is 0 Å². The van der Waals surface area contributed by atoms with Gasteiger partial charge in [-0.15, -0.1) is 0 Å². The van der Waals surface area contributed by atoms with Gasteiger partial charge in [-0.3, -0.25) is 0 Å². The van der Waals surface area contributed by atoms with E-state index in [2.05, 4.69) is 42.9 Å². The van der Waals surface area contributed by atoms with Crippen molar-refractivity contribution in [1.29, 1.82) is 5.26 Å². The number of nitrogens with zero attached hydrogens (tertiary/aromatic N) is 2. The van der Waals surface area contributed by atoms with Crippen LogP contribution in [0.3, 0.4) is 0 Å². The van der Waals surface area contributed by atoms with Crippen LogP contribution in [-0.2, 0) is 6.42 Å². The van der Waals surface area contributed by atoms with Gasteiger partial charge in [-0.1, -0.05) is 6.07 Å². The van der Waals surface area contributed by atoms with Gasteiger partial charge in [0, 0.05) is 0 Å². The van der Waals surface area contributed by atoms with Crippen LogP contribution in [0.15, 0.2) is 21.3 Å². The molecule has 11 heavy (non-hydrogen) atoms. The maximum absolute atomic E-state index is 8.40. The van der Waals surface area contributed by atoms with Gasteiger partial charge in [0.25, 0.3) is 0 Å². The molecule has 0 aromatic carbocycles. The number of hydrogen-bond acceptors (Lipinski definition) is 2. The summed E-state index contributed by atoms with van der Waals surface area (Å²) in [6.45, 7) is 0. The van der Waals surface area contributed by atoms with Crippen molar-refractivity contribution in [3.05, 3.63) is 26.9 Å². The van der Waals surface area contributed by atoms with Crippen LogP contribution in [-0.4, -0.2) is 4.98 Å². The van der Waals surface area contributed by atoms with Crippen molar-refractivity contribution >= 4 is 31.9 Å². The van der Waals surface area contributed by atoms with Crippen LogP contribution in [0.5, 0.6) is 0 Å². The molecule has 0 radical (unpaired) electrons. The highest BCUT2D eigenvalue weighted by Gasteiger charge is 1.99. The lowest BCUT2D eigenvalue weighted by atomic mass is 10.2. The molecule has 0 fully saturated rings. The van der Waals surface area contributed by atoms with E-state index < -0.39 is 0 Å². The predicted octanol–water partition coefficient (Wildman–Crippen LogP) is 2.67. The highest BCUT2D eigenvalue weighted by molar-refractivity contribution is 9.11. The number of hydrogen-bond donors (Lipinski definition) is 0. The summed E-state index contributed by atoms with van der Waals surface area (Å²) in [5.74, 6) is 0. The fourth-order valence-electron chi connectivity index (χ4n) is 0.658. The minimum atomic E-state index is 0.390. The monoisotopic (exact) mass is 274 g/mol. The lowest BCUT2D eigenvalue weighted by Crippen LogP contribution is -1.87. The highest BCUT2D eigenvalue weighted by atomic mass is 79.9. The lowest BCUT2D eigenvalue weighted by Gasteiger charge is -1.97. The van der Waals surface area contributed by atoms with Crippen molar-refractivity contribution < 1.29 is 0 Å². The van der Waals surface area contributed by atoms with E-state index >= 15 is 0 Å². The average molecular weight is 276 g/mol. The summed E-state index contributed by atoms with van der Waals surface area (Å²) in [5, 5.41) is 8.40. The van der Waals surface area contributed by atoms with Gasteiger partial charge in [0.15, 0.2) is 0 Å². The molecule has 0 saturated carbocycles. The van der Waals surface area contributed by atoms with E-state index in [0.717, 1.165) is 14.8 Å². The molecule has 1 rings (SSSR count). The second kappa shape index (κ2) is 3.84. The van der Waals surface area contributed by atoms with Gasteiger partial charge in [0.05, 0.1) is 12.5 Å².